The number of nitrogens with one attached hydrogen (secondary N) is 3. The third-order valence-corrected chi connectivity index (χ3v) is 14.1. The summed E-state index contributed by atoms with van der Waals surface area (Å²) in [6.07, 6.45) is 0.0215. The van der Waals surface area contributed by atoms with Gasteiger partial charge in [-0.05, 0) is 99.2 Å². The van der Waals surface area contributed by atoms with Gasteiger partial charge in [-0.25, -0.2) is 18.1 Å². The van der Waals surface area contributed by atoms with Gasteiger partial charge < -0.3 is 20.2 Å². The minimum Gasteiger partial charge on any atom is -0.388 e. The number of carbonyl (C=O) groups excluding carboxylic acids is 2. The Morgan fingerprint density at radius 2 is 1.77 bits per heavy atom. The molecule has 3 aliphatic carbocycles. The molecule has 4 heterocycles. The fourth-order valence-electron chi connectivity index (χ4n) is 9.58. The number of anilines is 4. The van der Waals surface area contributed by atoms with Crippen molar-refractivity contribution in [3.63, 3.8) is 0 Å². The van der Waals surface area contributed by atoms with Crippen LogP contribution in [0.5, 0.6) is 0 Å². The summed E-state index contributed by atoms with van der Waals surface area (Å²) in [5, 5.41) is 16.4. The van der Waals surface area contributed by atoms with Crippen LogP contribution in [0.15, 0.2) is 47.5 Å². The van der Waals surface area contributed by atoms with E-state index in [-0.39, 0.29) is 40.4 Å². The van der Waals surface area contributed by atoms with Gasteiger partial charge in [-0.2, -0.15) is 18.2 Å². The molecule has 3 saturated carbocycles. The molecule has 3 aliphatic heterocycles. The highest BCUT2D eigenvalue weighted by Gasteiger charge is 2.69. The van der Waals surface area contributed by atoms with Crippen molar-refractivity contribution in [1.29, 1.82) is 0 Å². The third-order valence-electron chi connectivity index (χ3n) is 12.2. The number of hydrogen-bond acceptors (Lipinski definition) is 11. The van der Waals surface area contributed by atoms with Crippen LogP contribution in [0.4, 0.5) is 36.3 Å². The van der Waals surface area contributed by atoms with Crippen LogP contribution in [0.3, 0.4) is 0 Å². The number of carbonyl (C=O) groups is 2. The van der Waals surface area contributed by atoms with Gasteiger partial charge in [0.2, 0.25) is 27.8 Å². The monoisotopic (exact) mass is 830 g/mol. The second-order valence-electron chi connectivity index (χ2n) is 16.9. The first kappa shape index (κ1) is 39.8. The Hall–Kier alpha value is -4.03. The van der Waals surface area contributed by atoms with Crippen molar-refractivity contribution in [3.8, 4) is 0 Å². The molecule has 2 atom stereocenters. The Balaban J connectivity index is 0.844. The third kappa shape index (κ3) is 8.05. The van der Waals surface area contributed by atoms with E-state index in [0.717, 1.165) is 69.4 Å². The summed E-state index contributed by atoms with van der Waals surface area (Å²) in [4.78, 5) is 38.3. The minimum atomic E-state index is -4.69. The van der Waals surface area contributed by atoms with Crippen molar-refractivity contribution in [3.05, 3.63) is 64.3 Å². The van der Waals surface area contributed by atoms with Crippen molar-refractivity contribution < 1.29 is 36.3 Å². The lowest BCUT2D eigenvalue weighted by atomic mass is 9.39. The number of alkyl halides is 3. The highest BCUT2D eigenvalue weighted by atomic mass is 35.5. The van der Waals surface area contributed by atoms with Crippen LogP contribution in [0, 0.1) is 12.3 Å². The number of sulfonamides is 1. The second kappa shape index (κ2) is 14.4. The molecule has 3 saturated heterocycles. The normalized spacial score (nSPS) is 28.1. The predicted molar refractivity (Wildman–Crippen MR) is 208 cm³/mol. The molecule has 2 bridgehead atoms. The van der Waals surface area contributed by atoms with E-state index in [1.54, 1.807) is 19.9 Å². The number of rotatable bonds is 10. The second-order valence-corrected chi connectivity index (χ2v) is 19.0. The molecule has 57 heavy (non-hydrogen) atoms. The van der Waals surface area contributed by atoms with Crippen molar-refractivity contribution in [2.45, 2.75) is 86.9 Å². The zero-order valence-electron chi connectivity index (χ0n) is 31.8. The number of aromatic nitrogens is 2. The van der Waals surface area contributed by atoms with Gasteiger partial charge >= 0.3 is 6.18 Å². The zero-order chi connectivity index (χ0) is 40.5. The number of β-amino-alcohol motifs (C(OH)–C–C–N with tert-alkyl or cyclic N) is 1. The van der Waals surface area contributed by atoms with Gasteiger partial charge in [0, 0.05) is 80.4 Å². The first-order chi connectivity index (χ1) is 26.8. The largest absolute Gasteiger partial charge is 0.421 e. The van der Waals surface area contributed by atoms with Crippen molar-refractivity contribution in [1.82, 2.24) is 24.9 Å². The summed E-state index contributed by atoms with van der Waals surface area (Å²) in [5.41, 5.74) is 0.157. The molecule has 306 valence electrons. The molecule has 13 nitrogen and oxygen atoms in total. The number of aliphatic hydroxyl groups is 1. The fraction of sp³-hybridized carbons (Fsp3) is 0.538. The Labute approximate surface area is 334 Å². The highest BCUT2D eigenvalue weighted by molar-refractivity contribution is 7.89. The molecule has 18 heteroatoms. The number of aryl methyl sites for hydroxylation is 1. The van der Waals surface area contributed by atoms with Crippen LogP contribution in [-0.4, -0.2) is 97.2 Å². The zero-order valence-corrected chi connectivity index (χ0v) is 33.3. The summed E-state index contributed by atoms with van der Waals surface area (Å²) in [7, 11) is -3.86. The van der Waals surface area contributed by atoms with Gasteiger partial charge in [0.05, 0.1) is 16.4 Å². The maximum atomic E-state index is 13.9. The lowest BCUT2D eigenvalue weighted by molar-refractivity contribution is -0.156. The molecule has 6 aliphatic rings. The number of halogens is 4. The van der Waals surface area contributed by atoms with Crippen LogP contribution in [0.1, 0.15) is 74.5 Å². The predicted octanol–water partition coefficient (Wildman–Crippen LogP) is 5.10. The molecular weight excluding hydrogens is 785 g/mol. The van der Waals surface area contributed by atoms with Gasteiger partial charge in [-0.3, -0.25) is 19.8 Å². The quantitative estimate of drug-likeness (QED) is 0.202. The van der Waals surface area contributed by atoms with E-state index in [0.29, 0.717) is 48.5 Å². The average Bonchev–Trinajstić information content (AvgIpc) is 3.10. The fourth-order valence-corrected chi connectivity index (χ4v) is 11.4. The number of nitrogens with zero attached hydrogens (tertiary/aromatic N) is 5. The summed E-state index contributed by atoms with van der Waals surface area (Å²) in [6, 6.07) is 10.3. The number of imide groups is 1. The van der Waals surface area contributed by atoms with Gasteiger partial charge in [0.1, 0.15) is 11.4 Å². The lowest BCUT2D eigenvalue weighted by Gasteiger charge is -2.71. The van der Waals surface area contributed by atoms with E-state index in [1.807, 2.05) is 18.2 Å². The SMILES string of the molecule is Cc1cc(S(=O)(=O)NC23CC(CN4CCN(c5ccc(C6CCC(=O)NC6=O)c(Cl)c5)CC4)(C2)C3)ccc1Nc1ncc(C(F)(F)F)c(N2CCC[C@](C)(O)C2)n1. The van der Waals surface area contributed by atoms with E-state index in [2.05, 4.69) is 35.1 Å². The van der Waals surface area contributed by atoms with Crippen LogP contribution in [0.2, 0.25) is 5.02 Å². The van der Waals surface area contributed by atoms with Gasteiger partial charge in [-0.1, -0.05) is 17.7 Å². The lowest BCUT2D eigenvalue weighted by Crippen LogP contribution is -2.77. The molecule has 2 amide bonds. The first-order valence-corrected chi connectivity index (χ1v) is 21.1. The van der Waals surface area contributed by atoms with Crippen molar-refractivity contribution in [2.24, 2.45) is 5.41 Å². The minimum absolute atomic E-state index is 0.00560. The summed E-state index contributed by atoms with van der Waals surface area (Å²) in [6.45, 7) is 7.80. The summed E-state index contributed by atoms with van der Waals surface area (Å²) in [5.74, 6) is -1.40. The molecule has 0 spiro atoms. The highest BCUT2D eigenvalue weighted by Crippen LogP contribution is 2.67. The van der Waals surface area contributed by atoms with Crippen LogP contribution in [-0.2, 0) is 25.8 Å². The Bertz CT molecular complexity index is 2200. The summed E-state index contributed by atoms with van der Waals surface area (Å²) >= 11 is 6.63. The maximum absolute atomic E-state index is 13.9. The Kier molecular flexibility index (Phi) is 10.0. The molecule has 6 fully saturated rings. The number of hydrogen-bond donors (Lipinski definition) is 4. The van der Waals surface area contributed by atoms with Gasteiger partial charge in [0.15, 0.2) is 0 Å². The van der Waals surface area contributed by atoms with Crippen molar-refractivity contribution in [2.75, 3.05) is 60.9 Å². The van der Waals surface area contributed by atoms with Crippen LogP contribution in [0.25, 0.3) is 0 Å². The van der Waals surface area contributed by atoms with E-state index >= 15 is 0 Å². The van der Waals surface area contributed by atoms with Gasteiger partial charge in [0.25, 0.3) is 0 Å². The summed E-state index contributed by atoms with van der Waals surface area (Å²) < 4.78 is 71.9. The average molecular weight is 831 g/mol. The van der Waals surface area contributed by atoms with E-state index in [1.165, 1.54) is 17.0 Å². The van der Waals surface area contributed by atoms with E-state index in [4.69, 9.17) is 11.6 Å². The molecule has 9 rings (SSSR count). The molecule has 1 unspecified atom stereocenters. The number of piperazine rings is 1. The molecule has 2 aromatic carbocycles. The molecule has 3 aromatic rings. The van der Waals surface area contributed by atoms with Crippen LogP contribution < -0.4 is 25.2 Å². The van der Waals surface area contributed by atoms with Gasteiger partial charge in [-0.15, -0.1) is 0 Å². The van der Waals surface area contributed by atoms with E-state index in [9.17, 15) is 36.3 Å². The standard InChI is InChI=1S/C39H46ClF3N8O5S/c1-24-16-26(5-8-31(24)45-35-44-18-29(39(41,42)43)33(47-35)51-11-3-10-36(2,54)22-51)57(55,56)48-38-19-37(20-38,21-38)23-49-12-14-50(15-13-49)25-4-6-27(30(40)17-25)28-7-9-32(52)46-34(28)53/h4-6,8,16-18,28,48,54H,3,7,9-15,19-23H2,1-2H3,(H,44,45,47)(H,46,52,53)/t28?,36-,37?,38?/m0/s1. The van der Waals surface area contributed by atoms with Crippen molar-refractivity contribution >= 4 is 56.6 Å². The topological polar surface area (TPSA) is 160 Å². The molecule has 4 N–H and O–H groups in total. The maximum Gasteiger partial charge on any atom is 0.421 e. The number of benzene rings is 2. The Morgan fingerprint density at radius 1 is 1.04 bits per heavy atom. The molecule has 0 radical (unpaired) electrons. The molecular formula is C39H46ClF3N8O5S. The number of piperidine rings is 2. The number of amides is 2. The van der Waals surface area contributed by atoms with Crippen LogP contribution >= 0.6 is 11.6 Å². The van der Waals surface area contributed by atoms with E-state index < -0.39 is 38.8 Å². The smallest absolute Gasteiger partial charge is 0.388 e. The Morgan fingerprint density at radius 3 is 2.42 bits per heavy atom. The first-order valence-electron chi connectivity index (χ1n) is 19.3. The molecule has 1 aromatic heterocycles.